The maximum Gasteiger partial charge on any atom is 0.146 e. The van der Waals surface area contributed by atoms with Crippen LogP contribution in [0.15, 0.2) is 24.3 Å². The molecule has 88 valence electrons. The Kier molecular flexibility index (Phi) is 3.74. The van der Waals surface area contributed by atoms with Crippen LogP contribution in [0.5, 0.6) is 0 Å². The number of hydrogen-bond donors (Lipinski definition) is 1. The van der Waals surface area contributed by atoms with Crippen molar-refractivity contribution >= 4 is 5.69 Å². The number of nitrogens with zero attached hydrogens (tertiary/aromatic N) is 2. The summed E-state index contributed by atoms with van der Waals surface area (Å²) in [6, 6.07) is 6.96. The fourth-order valence-electron chi connectivity index (χ4n) is 2.10. The molecule has 0 saturated carbocycles. The van der Waals surface area contributed by atoms with Crippen LogP contribution in [0, 0.1) is 5.82 Å². The maximum atomic E-state index is 13.5. The normalized spacial score (nSPS) is 17.8. The highest BCUT2D eigenvalue weighted by Crippen LogP contribution is 2.19. The molecule has 3 nitrogen and oxygen atoms in total. The second-order valence-corrected chi connectivity index (χ2v) is 4.07. The van der Waals surface area contributed by atoms with E-state index in [2.05, 4.69) is 9.80 Å². The van der Waals surface area contributed by atoms with E-state index >= 15 is 0 Å². The zero-order valence-electron chi connectivity index (χ0n) is 9.40. The minimum atomic E-state index is -0.130. The average molecular weight is 223 g/mol. The molecule has 2 rings (SSSR count). The second kappa shape index (κ2) is 5.27. The fraction of sp³-hybridized carbons (Fsp3) is 0.500. The van der Waals surface area contributed by atoms with Crippen LogP contribution in [0.4, 0.5) is 10.1 Å². The molecule has 1 aromatic rings. The molecular weight excluding hydrogens is 205 g/mol. The molecule has 1 heterocycles. The van der Waals surface area contributed by atoms with E-state index in [-0.39, 0.29) is 5.82 Å². The van der Waals surface area contributed by atoms with Gasteiger partial charge in [-0.25, -0.2) is 4.39 Å². The van der Waals surface area contributed by atoms with Gasteiger partial charge in [0.05, 0.1) is 5.69 Å². The van der Waals surface area contributed by atoms with Gasteiger partial charge in [-0.2, -0.15) is 0 Å². The Bertz CT molecular complexity index is 335. The van der Waals surface area contributed by atoms with Crippen molar-refractivity contribution in [3.05, 3.63) is 30.1 Å². The molecule has 1 aromatic carbocycles. The predicted octanol–water partition coefficient (Wildman–Crippen LogP) is 0.906. The highest BCUT2D eigenvalue weighted by Gasteiger charge is 2.18. The Morgan fingerprint density at radius 3 is 2.44 bits per heavy atom. The molecular formula is C12H18FN3. The lowest BCUT2D eigenvalue weighted by Crippen LogP contribution is -2.48. The third-order valence-electron chi connectivity index (χ3n) is 3.01. The average Bonchev–Trinajstić information content (AvgIpc) is 2.31. The van der Waals surface area contributed by atoms with E-state index in [1.165, 1.54) is 6.07 Å². The van der Waals surface area contributed by atoms with E-state index < -0.39 is 0 Å². The zero-order chi connectivity index (χ0) is 11.4. The van der Waals surface area contributed by atoms with Crippen molar-refractivity contribution in [1.29, 1.82) is 0 Å². The monoisotopic (exact) mass is 223 g/mol. The number of anilines is 1. The lowest BCUT2D eigenvalue weighted by molar-refractivity contribution is 0.264. The van der Waals surface area contributed by atoms with Gasteiger partial charge in [0.1, 0.15) is 5.82 Å². The Balaban J connectivity index is 1.96. The zero-order valence-corrected chi connectivity index (χ0v) is 9.40. The van der Waals surface area contributed by atoms with Gasteiger partial charge < -0.3 is 10.6 Å². The van der Waals surface area contributed by atoms with Crippen molar-refractivity contribution in [3.8, 4) is 0 Å². The standard InChI is InChI=1S/C12H18FN3/c13-11-3-1-2-4-12(11)16-9-7-15(6-5-14)8-10-16/h1-4H,5-10,14H2. The first-order valence-corrected chi connectivity index (χ1v) is 5.73. The molecule has 2 N–H and O–H groups in total. The van der Waals surface area contributed by atoms with Gasteiger partial charge in [0.15, 0.2) is 0 Å². The first-order valence-electron chi connectivity index (χ1n) is 5.73. The predicted molar refractivity (Wildman–Crippen MR) is 64.1 cm³/mol. The summed E-state index contributed by atoms with van der Waals surface area (Å²) in [5, 5.41) is 0. The number of para-hydroxylation sites is 1. The fourth-order valence-corrected chi connectivity index (χ4v) is 2.10. The van der Waals surface area contributed by atoms with Gasteiger partial charge in [0, 0.05) is 39.3 Å². The summed E-state index contributed by atoms with van der Waals surface area (Å²) >= 11 is 0. The van der Waals surface area contributed by atoms with Crippen LogP contribution in [-0.2, 0) is 0 Å². The molecule has 0 atom stereocenters. The molecule has 0 aliphatic carbocycles. The second-order valence-electron chi connectivity index (χ2n) is 4.07. The van der Waals surface area contributed by atoms with Crippen molar-refractivity contribution in [2.24, 2.45) is 5.73 Å². The summed E-state index contributed by atoms with van der Waals surface area (Å²) in [6.07, 6.45) is 0. The Morgan fingerprint density at radius 2 is 1.81 bits per heavy atom. The number of halogens is 1. The highest BCUT2D eigenvalue weighted by atomic mass is 19.1. The van der Waals surface area contributed by atoms with E-state index in [0.717, 1.165) is 38.4 Å². The van der Waals surface area contributed by atoms with Crippen molar-refractivity contribution in [2.45, 2.75) is 0 Å². The number of benzene rings is 1. The number of rotatable bonds is 3. The Labute approximate surface area is 95.6 Å². The van der Waals surface area contributed by atoms with Gasteiger partial charge >= 0.3 is 0 Å². The first kappa shape index (κ1) is 11.4. The largest absolute Gasteiger partial charge is 0.367 e. The molecule has 0 bridgehead atoms. The SMILES string of the molecule is NCCN1CCN(c2ccccc2F)CC1. The molecule has 0 aromatic heterocycles. The van der Waals surface area contributed by atoms with Gasteiger partial charge in [-0.15, -0.1) is 0 Å². The lowest BCUT2D eigenvalue weighted by Gasteiger charge is -2.35. The van der Waals surface area contributed by atoms with E-state index in [0.29, 0.717) is 6.54 Å². The van der Waals surface area contributed by atoms with Crippen molar-refractivity contribution in [3.63, 3.8) is 0 Å². The van der Waals surface area contributed by atoms with Gasteiger partial charge in [-0.05, 0) is 12.1 Å². The summed E-state index contributed by atoms with van der Waals surface area (Å²) in [7, 11) is 0. The maximum absolute atomic E-state index is 13.5. The summed E-state index contributed by atoms with van der Waals surface area (Å²) in [6.45, 7) is 5.31. The van der Waals surface area contributed by atoms with Gasteiger partial charge in [0.25, 0.3) is 0 Å². The van der Waals surface area contributed by atoms with E-state index in [1.807, 2.05) is 12.1 Å². The van der Waals surface area contributed by atoms with Gasteiger partial charge in [-0.3, -0.25) is 4.90 Å². The van der Waals surface area contributed by atoms with Crippen LogP contribution in [0.1, 0.15) is 0 Å². The van der Waals surface area contributed by atoms with Crippen LogP contribution < -0.4 is 10.6 Å². The van der Waals surface area contributed by atoms with Crippen LogP contribution in [0.2, 0.25) is 0 Å². The smallest absolute Gasteiger partial charge is 0.146 e. The summed E-state index contributed by atoms with van der Waals surface area (Å²) < 4.78 is 13.5. The molecule has 1 saturated heterocycles. The first-order chi connectivity index (χ1) is 7.81. The highest BCUT2D eigenvalue weighted by molar-refractivity contribution is 5.47. The van der Waals surface area contributed by atoms with E-state index in [1.54, 1.807) is 6.07 Å². The molecule has 1 aliphatic rings. The van der Waals surface area contributed by atoms with Crippen LogP contribution in [0.25, 0.3) is 0 Å². The molecule has 1 aliphatic heterocycles. The Morgan fingerprint density at radius 1 is 1.12 bits per heavy atom. The molecule has 0 radical (unpaired) electrons. The molecule has 16 heavy (non-hydrogen) atoms. The van der Waals surface area contributed by atoms with E-state index in [4.69, 9.17) is 5.73 Å². The summed E-state index contributed by atoms with van der Waals surface area (Å²) in [5.74, 6) is -0.130. The molecule has 1 fully saturated rings. The third-order valence-corrected chi connectivity index (χ3v) is 3.01. The van der Waals surface area contributed by atoms with E-state index in [9.17, 15) is 4.39 Å². The molecule has 4 heteroatoms. The minimum absolute atomic E-state index is 0.130. The Hall–Kier alpha value is -1.13. The summed E-state index contributed by atoms with van der Waals surface area (Å²) in [4.78, 5) is 4.42. The summed E-state index contributed by atoms with van der Waals surface area (Å²) in [5.41, 5.74) is 6.23. The van der Waals surface area contributed by atoms with Gasteiger partial charge in [-0.1, -0.05) is 12.1 Å². The van der Waals surface area contributed by atoms with Crippen LogP contribution >= 0.6 is 0 Å². The molecule has 0 unspecified atom stereocenters. The third kappa shape index (κ3) is 2.51. The minimum Gasteiger partial charge on any atom is -0.367 e. The van der Waals surface area contributed by atoms with Crippen molar-refractivity contribution < 1.29 is 4.39 Å². The number of nitrogens with two attached hydrogens (primary N) is 1. The molecule has 0 amide bonds. The quantitative estimate of drug-likeness (QED) is 0.826. The lowest BCUT2D eigenvalue weighted by atomic mass is 10.2. The molecule has 0 spiro atoms. The van der Waals surface area contributed by atoms with Crippen LogP contribution in [-0.4, -0.2) is 44.2 Å². The van der Waals surface area contributed by atoms with Crippen LogP contribution in [0.3, 0.4) is 0 Å². The van der Waals surface area contributed by atoms with Gasteiger partial charge in [0.2, 0.25) is 0 Å². The number of hydrogen-bond acceptors (Lipinski definition) is 3. The van der Waals surface area contributed by atoms with Crippen molar-refractivity contribution in [1.82, 2.24) is 4.90 Å². The topological polar surface area (TPSA) is 32.5 Å². The number of piperazine rings is 1. The van der Waals surface area contributed by atoms with Crippen molar-refractivity contribution in [2.75, 3.05) is 44.2 Å².